The Hall–Kier alpha value is -1.16. The number of nitrogens with zero attached hydrogens (tertiary/aromatic N) is 2. The predicted octanol–water partition coefficient (Wildman–Crippen LogP) is 2.04. The summed E-state index contributed by atoms with van der Waals surface area (Å²) in [7, 11) is 1.86. The van der Waals surface area contributed by atoms with Gasteiger partial charge in [-0.05, 0) is 18.4 Å². The van der Waals surface area contributed by atoms with Crippen LogP contribution in [0.2, 0.25) is 0 Å². The van der Waals surface area contributed by atoms with E-state index in [1.807, 2.05) is 14.0 Å². The van der Waals surface area contributed by atoms with Crippen molar-refractivity contribution in [2.45, 2.75) is 6.92 Å². The van der Waals surface area contributed by atoms with Gasteiger partial charge >= 0.3 is 0 Å². The quantitative estimate of drug-likeness (QED) is 0.728. The van der Waals surface area contributed by atoms with Crippen molar-refractivity contribution in [3.8, 4) is 0 Å². The molecule has 0 spiro atoms. The van der Waals surface area contributed by atoms with E-state index in [1.165, 1.54) is 10.1 Å². The molecule has 12 heavy (non-hydrogen) atoms. The van der Waals surface area contributed by atoms with Crippen molar-refractivity contribution in [1.82, 2.24) is 10.2 Å². The molecule has 0 fully saturated rings. The Labute approximate surface area is 74.4 Å². The molecule has 2 aromatic heterocycles. The molecule has 0 saturated heterocycles. The van der Waals surface area contributed by atoms with Crippen LogP contribution in [0.25, 0.3) is 10.1 Å². The van der Waals surface area contributed by atoms with Crippen LogP contribution in [0, 0.1) is 6.92 Å². The van der Waals surface area contributed by atoms with E-state index in [4.69, 9.17) is 0 Å². The number of nitrogens with one attached hydrogen (secondary N) is 1. The van der Waals surface area contributed by atoms with Crippen LogP contribution >= 0.6 is 11.3 Å². The van der Waals surface area contributed by atoms with Gasteiger partial charge in [0.25, 0.3) is 0 Å². The van der Waals surface area contributed by atoms with Crippen molar-refractivity contribution < 1.29 is 0 Å². The van der Waals surface area contributed by atoms with Gasteiger partial charge in [-0.15, -0.1) is 16.4 Å². The third kappa shape index (κ3) is 0.956. The number of anilines is 1. The molecule has 2 rings (SSSR count). The molecular weight excluding hydrogens is 170 g/mol. The summed E-state index contributed by atoms with van der Waals surface area (Å²) in [4.78, 5) is 0. The summed E-state index contributed by atoms with van der Waals surface area (Å²) in [5, 5.41) is 14.4. The molecule has 0 radical (unpaired) electrons. The molecule has 0 unspecified atom stereocenters. The smallest absolute Gasteiger partial charge is 0.166 e. The first-order valence-corrected chi connectivity index (χ1v) is 4.59. The van der Waals surface area contributed by atoms with Crippen LogP contribution in [-0.2, 0) is 0 Å². The second kappa shape index (κ2) is 2.71. The third-order valence-electron chi connectivity index (χ3n) is 1.81. The maximum atomic E-state index is 4.05. The first-order valence-electron chi connectivity index (χ1n) is 3.71. The molecule has 3 nitrogen and oxygen atoms in total. The van der Waals surface area contributed by atoms with Gasteiger partial charge < -0.3 is 5.32 Å². The normalized spacial score (nSPS) is 10.5. The number of aromatic nitrogens is 2. The second-order valence-electron chi connectivity index (χ2n) is 2.55. The highest BCUT2D eigenvalue weighted by molar-refractivity contribution is 7.17. The standard InChI is InChI=1S/C8H9N3S/c1-5-6-3-4-12-7(6)8(9-2)11-10-5/h3-4H,1-2H3,(H,9,11). The topological polar surface area (TPSA) is 37.8 Å². The third-order valence-corrected chi connectivity index (χ3v) is 2.73. The molecule has 0 bridgehead atoms. The molecule has 2 heterocycles. The summed E-state index contributed by atoms with van der Waals surface area (Å²) in [5.74, 6) is 0.866. The minimum absolute atomic E-state index is 0.866. The van der Waals surface area contributed by atoms with Crippen molar-refractivity contribution in [2.24, 2.45) is 0 Å². The molecule has 0 aliphatic heterocycles. The zero-order valence-corrected chi connectivity index (χ0v) is 7.77. The Morgan fingerprint density at radius 1 is 1.42 bits per heavy atom. The minimum atomic E-state index is 0.866. The predicted molar refractivity (Wildman–Crippen MR) is 51.7 cm³/mol. The van der Waals surface area contributed by atoms with Gasteiger partial charge in [0, 0.05) is 12.4 Å². The van der Waals surface area contributed by atoms with Crippen molar-refractivity contribution in [1.29, 1.82) is 0 Å². The highest BCUT2D eigenvalue weighted by atomic mass is 32.1. The summed E-state index contributed by atoms with van der Waals surface area (Å²) in [6.45, 7) is 1.97. The van der Waals surface area contributed by atoms with Gasteiger partial charge in [-0.25, -0.2) is 0 Å². The molecule has 0 amide bonds. The largest absolute Gasteiger partial charge is 0.370 e. The van der Waals surface area contributed by atoms with Gasteiger partial charge in [-0.3, -0.25) is 0 Å². The Bertz CT molecular complexity index is 408. The lowest BCUT2D eigenvalue weighted by atomic mass is 10.3. The van der Waals surface area contributed by atoms with Gasteiger partial charge in [0.1, 0.15) is 0 Å². The molecule has 0 saturated carbocycles. The van der Waals surface area contributed by atoms with E-state index in [0.717, 1.165) is 11.5 Å². The zero-order valence-electron chi connectivity index (χ0n) is 6.96. The fourth-order valence-electron chi connectivity index (χ4n) is 1.17. The van der Waals surface area contributed by atoms with E-state index in [9.17, 15) is 0 Å². The molecule has 0 aromatic carbocycles. The lowest BCUT2D eigenvalue weighted by Crippen LogP contribution is -1.95. The van der Waals surface area contributed by atoms with E-state index < -0.39 is 0 Å². The summed E-state index contributed by atoms with van der Waals surface area (Å²) in [5.41, 5.74) is 0.991. The Balaban J connectivity index is 2.82. The molecular formula is C8H9N3S. The molecule has 0 aliphatic carbocycles. The number of fused-ring (bicyclic) bond motifs is 1. The fraction of sp³-hybridized carbons (Fsp3) is 0.250. The van der Waals surface area contributed by atoms with Crippen LogP contribution < -0.4 is 5.32 Å². The second-order valence-corrected chi connectivity index (χ2v) is 3.46. The average molecular weight is 179 g/mol. The highest BCUT2D eigenvalue weighted by Gasteiger charge is 2.05. The molecule has 1 N–H and O–H groups in total. The first kappa shape index (κ1) is 7.49. The lowest BCUT2D eigenvalue weighted by molar-refractivity contribution is 1.01. The molecule has 62 valence electrons. The monoisotopic (exact) mass is 179 g/mol. The van der Waals surface area contributed by atoms with Gasteiger partial charge in [-0.2, -0.15) is 5.10 Å². The Morgan fingerprint density at radius 3 is 3.00 bits per heavy atom. The van der Waals surface area contributed by atoms with Gasteiger partial charge in [0.15, 0.2) is 5.82 Å². The van der Waals surface area contributed by atoms with Crippen LogP contribution in [0.1, 0.15) is 5.69 Å². The van der Waals surface area contributed by atoms with Crippen LogP contribution in [-0.4, -0.2) is 17.2 Å². The van der Waals surface area contributed by atoms with Gasteiger partial charge in [-0.1, -0.05) is 0 Å². The maximum Gasteiger partial charge on any atom is 0.166 e. The zero-order chi connectivity index (χ0) is 8.55. The fourth-order valence-corrected chi connectivity index (χ4v) is 2.10. The number of hydrogen-bond donors (Lipinski definition) is 1. The molecule has 0 aliphatic rings. The Morgan fingerprint density at radius 2 is 2.25 bits per heavy atom. The minimum Gasteiger partial charge on any atom is -0.370 e. The van der Waals surface area contributed by atoms with Crippen molar-refractivity contribution in [3.05, 3.63) is 17.1 Å². The van der Waals surface area contributed by atoms with Crippen molar-refractivity contribution in [3.63, 3.8) is 0 Å². The van der Waals surface area contributed by atoms with E-state index in [0.29, 0.717) is 0 Å². The number of hydrogen-bond acceptors (Lipinski definition) is 4. The van der Waals surface area contributed by atoms with Gasteiger partial charge in [0.05, 0.1) is 10.4 Å². The lowest BCUT2D eigenvalue weighted by Gasteiger charge is -2.00. The van der Waals surface area contributed by atoms with Crippen LogP contribution in [0.15, 0.2) is 11.4 Å². The summed E-state index contributed by atoms with van der Waals surface area (Å²) in [6.07, 6.45) is 0. The first-order chi connectivity index (χ1) is 5.83. The number of aryl methyl sites for hydroxylation is 1. The molecule has 2 aromatic rings. The van der Waals surface area contributed by atoms with Crippen LogP contribution in [0.3, 0.4) is 0 Å². The number of rotatable bonds is 1. The van der Waals surface area contributed by atoms with Crippen molar-refractivity contribution in [2.75, 3.05) is 12.4 Å². The summed E-state index contributed by atoms with van der Waals surface area (Å²) < 4.78 is 1.19. The molecule has 4 heteroatoms. The average Bonchev–Trinajstić information content (AvgIpc) is 2.54. The van der Waals surface area contributed by atoms with Crippen LogP contribution in [0.5, 0.6) is 0 Å². The van der Waals surface area contributed by atoms with E-state index in [-0.39, 0.29) is 0 Å². The van der Waals surface area contributed by atoms with Crippen LogP contribution in [0.4, 0.5) is 5.82 Å². The molecule has 0 atom stereocenters. The summed E-state index contributed by atoms with van der Waals surface area (Å²) in [6, 6.07) is 2.07. The summed E-state index contributed by atoms with van der Waals surface area (Å²) >= 11 is 1.69. The SMILES string of the molecule is CNc1nnc(C)c2ccsc12. The van der Waals surface area contributed by atoms with E-state index >= 15 is 0 Å². The van der Waals surface area contributed by atoms with Crippen molar-refractivity contribution >= 4 is 27.2 Å². The van der Waals surface area contributed by atoms with E-state index in [1.54, 1.807) is 11.3 Å². The maximum absolute atomic E-state index is 4.05. The van der Waals surface area contributed by atoms with Gasteiger partial charge in [0.2, 0.25) is 0 Å². The number of thiophene rings is 1. The highest BCUT2D eigenvalue weighted by Crippen LogP contribution is 2.27. The Kier molecular flexibility index (Phi) is 1.69. The van der Waals surface area contributed by atoms with E-state index in [2.05, 4.69) is 27.0 Å².